The van der Waals surface area contributed by atoms with Crippen LogP contribution < -0.4 is 61.1 Å². The van der Waals surface area contributed by atoms with E-state index in [1.807, 2.05) is 36.4 Å². The first-order chi connectivity index (χ1) is 29.4. The van der Waals surface area contributed by atoms with Crippen LogP contribution in [0, 0.1) is 13.8 Å². The van der Waals surface area contributed by atoms with Gasteiger partial charge in [-0.25, -0.2) is 18.2 Å². The van der Waals surface area contributed by atoms with Crippen molar-refractivity contribution in [1.29, 1.82) is 0 Å². The average Bonchev–Trinajstić information content (AvgIpc) is 3.95. The first-order valence-electron chi connectivity index (χ1n) is 21.6. The second kappa shape index (κ2) is 29.7. The van der Waals surface area contributed by atoms with Crippen LogP contribution in [0.1, 0.15) is 65.2 Å². The van der Waals surface area contributed by atoms with Gasteiger partial charge in [-0.15, -0.1) is 23.8 Å². The van der Waals surface area contributed by atoms with Crippen molar-refractivity contribution < 1.29 is 58.1 Å². The Hall–Kier alpha value is -2.92. The maximum Gasteiger partial charge on any atom is 2.00 e. The molecule has 0 unspecified atom stereocenters. The molecule has 0 nitrogen and oxygen atoms in total. The van der Waals surface area contributed by atoms with E-state index >= 15 is 0 Å². The fraction of sp³-hybridized carbons (Fsp3) is 0.207. The molecule has 0 aliphatic rings. The number of aryl methyl sites for hydroxylation is 2. The smallest absolute Gasteiger partial charge is 1.00 e. The fourth-order valence-corrected chi connectivity index (χ4v) is 15.5. The number of benzene rings is 6. The Morgan fingerprint density at radius 1 is 0.453 bits per heavy atom. The van der Waals surface area contributed by atoms with E-state index in [1.165, 1.54) is 48.5 Å². The fourth-order valence-electron chi connectivity index (χ4n) is 7.24. The van der Waals surface area contributed by atoms with Crippen LogP contribution in [0.25, 0.3) is 0 Å². The van der Waals surface area contributed by atoms with E-state index in [2.05, 4.69) is 244 Å². The zero-order valence-electron chi connectivity index (χ0n) is 38.8. The first-order valence-corrected chi connectivity index (χ1v) is 25.8. The van der Waals surface area contributed by atoms with E-state index in [0.717, 1.165) is 11.3 Å². The summed E-state index contributed by atoms with van der Waals surface area (Å²) in [4.78, 5) is 0. The Kier molecular flexibility index (Phi) is 26.5. The zero-order valence-corrected chi connectivity index (χ0v) is 45.7. The van der Waals surface area contributed by atoms with Crippen molar-refractivity contribution in [2.75, 3.05) is 0 Å². The van der Waals surface area contributed by atoms with Gasteiger partial charge in [-0.05, 0) is 54.3 Å². The van der Waals surface area contributed by atoms with Crippen LogP contribution in [-0.4, -0.2) is 11.3 Å². The summed E-state index contributed by atoms with van der Waals surface area (Å²) >= 11 is 0. The maximum atomic E-state index is 2.52. The van der Waals surface area contributed by atoms with E-state index < -0.39 is 15.8 Å². The molecule has 0 atom stereocenters. The van der Waals surface area contributed by atoms with Crippen molar-refractivity contribution in [2.24, 2.45) is 0 Å². The molecule has 0 aliphatic carbocycles. The van der Waals surface area contributed by atoms with Crippen molar-refractivity contribution in [3.8, 4) is 0 Å². The summed E-state index contributed by atoms with van der Waals surface area (Å²) in [6, 6.07) is 78.7. The zero-order chi connectivity index (χ0) is 43.6. The molecular weight excluding hydrogens is 1040 g/mol. The van der Waals surface area contributed by atoms with E-state index in [1.54, 1.807) is 5.30 Å². The number of rotatable bonds is 9. The molecule has 64 heavy (non-hydrogen) atoms. The van der Waals surface area contributed by atoms with Crippen molar-refractivity contribution in [2.45, 2.75) is 79.0 Å². The SMILES string of the molecule is CC(C)(C)c1cc(P(c2ccccc2)c2ccccc2)[c-](P(c2ccccc2)c2ccccc2)c1.CC(C)P([c-]1cccc1)C(C)C.Cc1ccccc1.Cc1ccccc1.[Cu+2].[Fe].[I-]. The van der Waals surface area contributed by atoms with Gasteiger partial charge in [0.05, 0.1) is 0 Å². The van der Waals surface area contributed by atoms with Crippen molar-refractivity contribution in [3.63, 3.8) is 0 Å². The average molecular weight is 1100 g/mol. The molecule has 8 aromatic carbocycles. The van der Waals surface area contributed by atoms with Gasteiger partial charge in [-0.3, -0.25) is 0 Å². The second-order valence-corrected chi connectivity index (χ2v) is 24.6. The van der Waals surface area contributed by atoms with Crippen LogP contribution in [0.4, 0.5) is 0 Å². The Morgan fingerprint density at radius 3 is 1.05 bits per heavy atom. The largest absolute Gasteiger partial charge is 2.00 e. The summed E-state index contributed by atoms with van der Waals surface area (Å²) in [7, 11) is -1.32. The van der Waals surface area contributed by atoms with Gasteiger partial charge < -0.3 is 24.0 Å². The van der Waals surface area contributed by atoms with E-state index in [-0.39, 0.29) is 71.5 Å². The normalized spacial score (nSPS) is 10.6. The minimum absolute atomic E-state index is 0. The molecule has 0 amide bonds. The Labute approximate surface area is 429 Å². The molecule has 339 valence electrons. The molecule has 0 heterocycles. The predicted octanol–water partition coefficient (Wildman–Crippen LogP) is 10.5. The topological polar surface area (TPSA) is 0 Å². The van der Waals surface area contributed by atoms with Gasteiger partial charge in [-0.1, -0.05) is 255 Å². The van der Waals surface area contributed by atoms with Gasteiger partial charge in [0, 0.05) is 17.1 Å². The number of hydrogen-bond acceptors (Lipinski definition) is 0. The minimum atomic E-state index is -0.690. The summed E-state index contributed by atoms with van der Waals surface area (Å²) in [5.74, 6) is 0. The van der Waals surface area contributed by atoms with Gasteiger partial charge in [-0.2, -0.15) is 23.8 Å². The van der Waals surface area contributed by atoms with E-state index in [0.29, 0.717) is 0 Å². The standard InChI is InChI=1S/C33H31P2.C11H18P.2C7H8.Cu.Fe.HI/c1-33(2,3)26-24-31(34(27-16-8-4-9-17-27)28-18-10-5-11-19-28)32(25-26)35(29-20-12-6-13-21-29)30-22-14-7-15-23-30;1-9(2)12(10(3)4)11-7-5-6-8-11;2*1-7-5-3-2-4-6-7;;;/h4-25H,1-3H3;5-10H,1-4H3;2*2-6H,1H3;;;1H/q2*-1;;;+2;;/p-1. The number of halogens is 1. The third-order valence-corrected chi connectivity index (χ3v) is 18.4. The van der Waals surface area contributed by atoms with Crippen LogP contribution in [0.2, 0.25) is 0 Å². The molecule has 8 aromatic rings. The molecule has 0 aliphatic heterocycles. The molecule has 1 radical (unpaired) electrons. The monoisotopic (exact) mass is 1100 g/mol. The van der Waals surface area contributed by atoms with Crippen LogP contribution in [-0.2, 0) is 39.6 Å². The van der Waals surface area contributed by atoms with Crippen molar-refractivity contribution in [1.82, 2.24) is 0 Å². The summed E-state index contributed by atoms with van der Waals surface area (Å²) < 4.78 is 0. The molecule has 0 bridgehead atoms. The number of hydrogen-bond donors (Lipinski definition) is 0. The molecule has 0 spiro atoms. The van der Waals surface area contributed by atoms with Crippen LogP contribution in [0.15, 0.2) is 218 Å². The summed E-state index contributed by atoms with van der Waals surface area (Å²) in [5.41, 5.74) is 5.76. The minimum Gasteiger partial charge on any atom is -1.00 e. The van der Waals surface area contributed by atoms with Gasteiger partial charge in [0.2, 0.25) is 0 Å². The van der Waals surface area contributed by atoms with Gasteiger partial charge in [0.15, 0.2) is 0 Å². The Morgan fingerprint density at radius 2 is 0.766 bits per heavy atom. The molecule has 0 aromatic heterocycles. The summed E-state index contributed by atoms with van der Waals surface area (Å²) in [6.45, 7) is 20.5. The molecule has 0 saturated heterocycles. The van der Waals surface area contributed by atoms with Crippen molar-refractivity contribution >= 4 is 60.9 Å². The van der Waals surface area contributed by atoms with E-state index in [9.17, 15) is 0 Å². The van der Waals surface area contributed by atoms with Crippen LogP contribution in [0.5, 0.6) is 0 Å². The molecule has 6 heteroatoms. The molecule has 0 fully saturated rings. The van der Waals surface area contributed by atoms with Crippen molar-refractivity contribution in [3.05, 3.63) is 235 Å². The third kappa shape index (κ3) is 17.7. The molecule has 0 saturated carbocycles. The molecule has 0 N–H and O–H groups in total. The molecule has 8 rings (SSSR count). The van der Waals surface area contributed by atoms with Crippen LogP contribution in [0.3, 0.4) is 0 Å². The molecular formula is C58H65CuFeIP3-. The van der Waals surface area contributed by atoms with Gasteiger partial charge in [0.1, 0.15) is 0 Å². The van der Waals surface area contributed by atoms with Gasteiger partial charge >= 0.3 is 17.1 Å². The second-order valence-electron chi connectivity index (χ2n) is 16.8. The van der Waals surface area contributed by atoms with E-state index in [4.69, 9.17) is 0 Å². The predicted molar refractivity (Wildman–Crippen MR) is 279 cm³/mol. The quantitative estimate of drug-likeness (QED) is 0.0585. The van der Waals surface area contributed by atoms with Crippen LogP contribution >= 0.6 is 23.8 Å². The Balaban J connectivity index is 0.000000395. The third-order valence-electron chi connectivity index (χ3n) is 10.2. The summed E-state index contributed by atoms with van der Waals surface area (Å²) in [6.07, 6.45) is 0. The first kappa shape index (κ1) is 57.2. The van der Waals surface area contributed by atoms with Gasteiger partial charge in [0.25, 0.3) is 0 Å². The Bertz CT molecular complexity index is 2140. The summed E-state index contributed by atoms with van der Waals surface area (Å²) in [5, 5.41) is 10.1. The maximum absolute atomic E-state index is 2.52.